The van der Waals surface area contributed by atoms with E-state index in [0.717, 1.165) is 31.2 Å². The Hall–Kier alpha value is -1.91. The zero-order valence-corrected chi connectivity index (χ0v) is 10.8. The Morgan fingerprint density at radius 3 is 2.84 bits per heavy atom. The van der Waals surface area contributed by atoms with Gasteiger partial charge in [0.1, 0.15) is 6.54 Å². The fraction of sp³-hybridized carbons (Fsp3) is 0.500. The SMILES string of the molecule is O=C(O)CN1CCC[C@H](CCc2ccncc2)C1=O. The molecule has 19 heavy (non-hydrogen) atoms. The van der Waals surface area contributed by atoms with Crippen LogP contribution in [0.3, 0.4) is 0 Å². The molecule has 2 rings (SSSR count). The van der Waals surface area contributed by atoms with Crippen molar-refractivity contribution >= 4 is 11.9 Å². The van der Waals surface area contributed by atoms with Gasteiger partial charge in [0.2, 0.25) is 5.91 Å². The minimum Gasteiger partial charge on any atom is -0.480 e. The summed E-state index contributed by atoms with van der Waals surface area (Å²) in [7, 11) is 0. The van der Waals surface area contributed by atoms with Crippen LogP contribution in [-0.2, 0) is 16.0 Å². The summed E-state index contributed by atoms with van der Waals surface area (Å²) in [6, 6.07) is 3.89. The molecule has 0 bridgehead atoms. The van der Waals surface area contributed by atoms with Crippen LogP contribution in [0, 0.1) is 5.92 Å². The number of aromatic nitrogens is 1. The lowest BCUT2D eigenvalue weighted by Gasteiger charge is -2.31. The van der Waals surface area contributed by atoms with E-state index in [2.05, 4.69) is 4.98 Å². The summed E-state index contributed by atoms with van der Waals surface area (Å²) in [5, 5.41) is 8.78. The van der Waals surface area contributed by atoms with Gasteiger partial charge < -0.3 is 10.0 Å². The number of hydrogen-bond donors (Lipinski definition) is 1. The number of carboxylic acid groups (broad SMARTS) is 1. The summed E-state index contributed by atoms with van der Waals surface area (Å²) in [6.45, 7) is 0.390. The summed E-state index contributed by atoms with van der Waals surface area (Å²) in [6.07, 6.45) is 6.85. The third kappa shape index (κ3) is 3.77. The Morgan fingerprint density at radius 2 is 2.16 bits per heavy atom. The monoisotopic (exact) mass is 262 g/mol. The van der Waals surface area contributed by atoms with Crippen molar-refractivity contribution in [3.05, 3.63) is 30.1 Å². The summed E-state index contributed by atoms with van der Waals surface area (Å²) in [5.41, 5.74) is 1.16. The predicted octanol–water partition coefficient (Wildman–Crippen LogP) is 1.34. The molecule has 1 fully saturated rings. The van der Waals surface area contributed by atoms with E-state index in [4.69, 9.17) is 5.11 Å². The number of aliphatic carboxylic acids is 1. The second kappa shape index (κ2) is 6.31. The highest BCUT2D eigenvalue weighted by atomic mass is 16.4. The lowest BCUT2D eigenvalue weighted by atomic mass is 9.91. The maximum Gasteiger partial charge on any atom is 0.323 e. The molecule has 0 radical (unpaired) electrons. The maximum absolute atomic E-state index is 12.1. The third-order valence-corrected chi connectivity index (χ3v) is 3.50. The van der Waals surface area contributed by atoms with E-state index in [1.54, 1.807) is 12.4 Å². The van der Waals surface area contributed by atoms with Gasteiger partial charge in [-0.05, 0) is 43.4 Å². The molecule has 0 saturated carbocycles. The molecule has 0 unspecified atom stereocenters. The maximum atomic E-state index is 12.1. The molecule has 5 nitrogen and oxygen atoms in total. The first-order valence-electron chi connectivity index (χ1n) is 6.56. The van der Waals surface area contributed by atoms with E-state index in [1.165, 1.54) is 4.90 Å². The van der Waals surface area contributed by atoms with Crippen LogP contribution in [0.25, 0.3) is 0 Å². The van der Waals surface area contributed by atoms with Gasteiger partial charge in [0, 0.05) is 24.9 Å². The van der Waals surface area contributed by atoms with Gasteiger partial charge in [-0.3, -0.25) is 14.6 Å². The van der Waals surface area contributed by atoms with Crippen molar-refractivity contribution in [2.45, 2.75) is 25.7 Å². The van der Waals surface area contributed by atoms with E-state index in [0.29, 0.717) is 6.54 Å². The van der Waals surface area contributed by atoms with Gasteiger partial charge in [0.25, 0.3) is 0 Å². The average Bonchev–Trinajstić information content (AvgIpc) is 2.40. The van der Waals surface area contributed by atoms with Gasteiger partial charge in [0.05, 0.1) is 0 Å². The van der Waals surface area contributed by atoms with Crippen LogP contribution in [0.5, 0.6) is 0 Å². The first-order chi connectivity index (χ1) is 9.16. The van der Waals surface area contributed by atoms with Gasteiger partial charge in [-0.2, -0.15) is 0 Å². The van der Waals surface area contributed by atoms with Crippen LogP contribution in [0.4, 0.5) is 0 Å². The molecule has 102 valence electrons. The number of hydrogen-bond acceptors (Lipinski definition) is 3. The Labute approximate surface area is 112 Å². The van der Waals surface area contributed by atoms with Crippen LogP contribution in [0.2, 0.25) is 0 Å². The minimum absolute atomic E-state index is 0.0114. The van der Waals surface area contributed by atoms with E-state index >= 15 is 0 Å². The molecule has 1 aromatic heterocycles. The van der Waals surface area contributed by atoms with Gasteiger partial charge in [-0.25, -0.2) is 0 Å². The van der Waals surface area contributed by atoms with Gasteiger partial charge >= 0.3 is 5.97 Å². The van der Waals surface area contributed by atoms with Crippen LogP contribution < -0.4 is 0 Å². The first kappa shape index (κ1) is 13.5. The quantitative estimate of drug-likeness (QED) is 0.869. The minimum atomic E-state index is -0.942. The normalized spacial score (nSPS) is 19.5. The number of amides is 1. The van der Waals surface area contributed by atoms with Gasteiger partial charge in [-0.15, -0.1) is 0 Å². The smallest absolute Gasteiger partial charge is 0.323 e. The van der Waals surface area contributed by atoms with Crippen molar-refractivity contribution in [2.24, 2.45) is 5.92 Å². The summed E-state index contributed by atoms with van der Waals surface area (Å²) in [4.78, 5) is 28.3. The number of carbonyl (C=O) groups excluding carboxylic acids is 1. The second-order valence-corrected chi connectivity index (χ2v) is 4.89. The fourth-order valence-corrected chi connectivity index (χ4v) is 2.50. The van der Waals surface area contributed by atoms with Crippen molar-refractivity contribution in [2.75, 3.05) is 13.1 Å². The molecule has 1 amide bonds. The van der Waals surface area contributed by atoms with Crippen molar-refractivity contribution in [3.63, 3.8) is 0 Å². The standard InChI is InChI=1S/C14H18N2O3/c17-13(18)10-16-9-1-2-12(14(16)19)4-3-11-5-7-15-8-6-11/h5-8,12H,1-4,9-10H2,(H,17,18)/t12-/m1/s1. The summed E-state index contributed by atoms with van der Waals surface area (Å²) >= 11 is 0. The molecular weight excluding hydrogens is 244 g/mol. The number of piperidine rings is 1. The fourth-order valence-electron chi connectivity index (χ4n) is 2.50. The molecule has 1 saturated heterocycles. The molecule has 1 aliphatic heterocycles. The van der Waals surface area contributed by atoms with E-state index < -0.39 is 5.97 Å². The Balaban J connectivity index is 1.89. The van der Waals surface area contributed by atoms with Crippen LogP contribution in [0.15, 0.2) is 24.5 Å². The molecule has 1 atom stereocenters. The largest absolute Gasteiger partial charge is 0.480 e. The van der Waals surface area contributed by atoms with Crippen molar-refractivity contribution in [1.29, 1.82) is 0 Å². The highest BCUT2D eigenvalue weighted by Gasteiger charge is 2.29. The van der Waals surface area contributed by atoms with E-state index in [-0.39, 0.29) is 18.4 Å². The molecule has 5 heteroatoms. The van der Waals surface area contributed by atoms with E-state index in [9.17, 15) is 9.59 Å². The molecule has 0 aliphatic carbocycles. The number of aryl methyl sites for hydroxylation is 1. The highest BCUT2D eigenvalue weighted by molar-refractivity contribution is 5.83. The number of rotatable bonds is 5. The zero-order valence-electron chi connectivity index (χ0n) is 10.8. The lowest BCUT2D eigenvalue weighted by Crippen LogP contribution is -2.43. The van der Waals surface area contributed by atoms with Crippen LogP contribution in [0.1, 0.15) is 24.8 Å². The van der Waals surface area contributed by atoms with Gasteiger partial charge in [0.15, 0.2) is 0 Å². The predicted molar refractivity (Wildman–Crippen MR) is 69.5 cm³/mol. The second-order valence-electron chi connectivity index (χ2n) is 4.89. The average molecular weight is 262 g/mol. The number of likely N-dealkylation sites (tertiary alicyclic amines) is 1. The topological polar surface area (TPSA) is 70.5 Å². The highest BCUT2D eigenvalue weighted by Crippen LogP contribution is 2.22. The van der Waals surface area contributed by atoms with Crippen molar-refractivity contribution in [1.82, 2.24) is 9.88 Å². The Bertz CT molecular complexity index is 447. The first-order valence-corrected chi connectivity index (χ1v) is 6.56. The summed E-state index contributed by atoms with van der Waals surface area (Å²) < 4.78 is 0. The molecular formula is C14H18N2O3. The lowest BCUT2D eigenvalue weighted by molar-refractivity contribution is -0.148. The Kier molecular flexibility index (Phi) is 4.49. The van der Waals surface area contributed by atoms with Crippen LogP contribution >= 0.6 is 0 Å². The number of pyridine rings is 1. The van der Waals surface area contributed by atoms with Crippen LogP contribution in [-0.4, -0.2) is 40.0 Å². The Morgan fingerprint density at radius 1 is 1.42 bits per heavy atom. The molecule has 1 aliphatic rings. The van der Waals surface area contributed by atoms with Crippen molar-refractivity contribution < 1.29 is 14.7 Å². The molecule has 0 aromatic carbocycles. The molecule has 2 heterocycles. The van der Waals surface area contributed by atoms with E-state index in [1.807, 2.05) is 12.1 Å². The van der Waals surface area contributed by atoms with Gasteiger partial charge in [-0.1, -0.05) is 0 Å². The summed E-state index contributed by atoms with van der Waals surface area (Å²) in [5.74, 6) is -0.993. The third-order valence-electron chi connectivity index (χ3n) is 3.50. The van der Waals surface area contributed by atoms with Crippen molar-refractivity contribution in [3.8, 4) is 0 Å². The number of carbonyl (C=O) groups is 2. The number of nitrogens with zero attached hydrogens (tertiary/aromatic N) is 2. The number of carboxylic acids is 1. The molecule has 1 N–H and O–H groups in total. The zero-order chi connectivity index (χ0) is 13.7. The molecule has 1 aromatic rings. The molecule has 0 spiro atoms.